The molecular formula is C24H26N3O3+. The summed E-state index contributed by atoms with van der Waals surface area (Å²) in [5, 5.41) is 3.79. The number of rotatable bonds is 6. The number of ketones is 1. The maximum Gasteiger partial charge on any atom is 0.279 e. The first-order chi connectivity index (χ1) is 14.7. The van der Waals surface area contributed by atoms with Crippen molar-refractivity contribution in [1.29, 1.82) is 0 Å². The second kappa shape index (κ2) is 7.95. The fourth-order valence-electron chi connectivity index (χ4n) is 4.18. The number of benzene rings is 2. The number of fused-ring (bicyclic) bond motifs is 1. The normalized spacial score (nSPS) is 17.3. The molecule has 154 valence electrons. The zero-order chi connectivity index (χ0) is 20.5. The molecule has 0 atom stereocenters. The second-order valence-corrected chi connectivity index (χ2v) is 8.24. The zero-order valence-corrected chi connectivity index (χ0v) is 16.9. The molecule has 1 saturated heterocycles. The summed E-state index contributed by atoms with van der Waals surface area (Å²) in [6, 6.07) is 17.9. The smallest absolute Gasteiger partial charge is 0.279 e. The molecule has 1 amide bonds. The summed E-state index contributed by atoms with van der Waals surface area (Å²) in [6.07, 6.45) is 1.80. The van der Waals surface area contributed by atoms with Gasteiger partial charge in [0, 0.05) is 17.0 Å². The number of hydrogen-bond acceptors (Lipinski definition) is 4. The summed E-state index contributed by atoms with van der Waals surface area (Å²) >= 11 is 0. The van der Waals surface area contributed by atoms with Crippen molar-refractivity contribution in [3.63, 3.8) is 0 Å². The Kier molecular flexibility index (Phi) is 5.01. The number of piperazine rings is 1. The van der Waals surface area contributed by atoms with Gasteiger partial charge in [0.15, 0.2) is 12.3 Å². The molecule has 1 aliphatic heterocycles. The predicted octanol–water partition coefficient (Wildman–Crippen LogP) is 2.37. The van der Waals surface area contributed by atoms with E-state index >= 15 is 0 Å². The Morgan fingerprint density at radius 1 is 1.00 bits per heavy atom. The average molecular weight is 404 g/mol. The van der Waals surface area contributed by atoms with E-state index in [9.17, 15) is 9.59 Å². The van der Waals surface area contributed by atoms with Crippen LogP contribution in [0.25, 0.3) is 11.0 Å². The predicted molar refractivity (Wildman–Crippen MR) is 116 cm³/mol. The van der Waals surface area contributed by atoms with Crippen LogP contribution in [0.1, 0.15) is 23.4 Å². The molecule has 6 nitrogen and oxygen atoms in total. The monoisotopic (exact) mass is 404 g/mol. The van der Waals surface area contributed by atoms with Gasteiger partial charge in [0.2, 0.25) is 5.78 Å². The Bertz CT molecular complexity index is 1060. The molecule has 5 rings (SSSR count). The van der Waals surface area contributed by atoms with Gasteiger partial charge >= 0.3 is 0 Å². The Morgan fingerprint density at radius 2 is 1.70 bits per heavy atom. The van der Waals surface area contributed by atoms with Crippen molar-refractivity contribution in [3.05, 3.63) is 60.4 Å². The van der Waals surface area contributed by atoms with Crippen molar-refractivity contribution in [2.75, 3.05) is 42.9 Å². The number of para-hydroxylation sites is 2. The molecule has 2 N–H and O–H groups in total. The number of quaternary nitrogens is 1. The minimum atomic E-state index is -0.0745. The minimum Gasteiger partial charge on any atom is -0.451 e. The van der Waals surface area contributed by atoms with Gasteiger partial charge in [0.25, 0.3) is 5.91 Å². The van der Waals surface area contributed by atoms with Gasteiger partial charge in [-0.2, -0.15) is 0 Å². The Labute approximate surface area is 175 Å². The van der Waals surface area contributed by atoms with Gasteiger partial charge in [-0.25, -0.2) is 0 Å². The fourth-order valence-corrected chi connectivity index (χ4v) is 4.18. The summed E-state index contributed by atoms with van der Waals surface area (Å²) in [4.78, 5) is 29.1. The molecule has 2 fully saturated rings. The first kappa shape index (κ1) is 18.9. The molecule has 3 aromatic rings. The van der Waals surface area contributed by atoms with Crippen LogP contribution in [0.4, 0.5) is 11.4 Å². The zero-order valence-electron chi connectivity index (χ0n) is 16.9. The van der Waals surface area contributed by atoms with E-state index in [0.717, 1.165) is 44.4 Å². The molecule has 0 spiro atoms. The molecule has 0 unspecified atom stereocenters. The summed E-state index contributed by atoms with van der Waals surface area (Å²) in [5.74, 6) is 0.272. The maximum absolute atomic E-state index is 12.8. The first-order valence-corrected chi connectivity index (χ1v) is 10.7. The summed E-state index contributed by atoms with van der Waals surface area (Å²) in [7, 11) is 0. The van der Waals surface area contributed by atoms with Crippen LogP contribution in [0.15, 0.2) is 59.0 Å². The van der Waals surface area contributed by atoms with E-state index in [1.165, 1.54) is 10.6 Å². The van der Waals surface area contributed by atoms with E-state index in [1.54, 1.807) is 0 Å². The number of furan rings is 1. The number of nitrogens with zero attached hydrogens (tertiary/aromatic N) is 1. The van der Waals surface area contributed by atoms with Crippen molar-refractivity contribution < 1.29 is 18.9 Å². The highest BCUT2D eigenvalue weighted by Crippen LogP contribution is 2.38. The second-order valence-electron chi connectivity index (χ2n) is 8.24. The van der Waals surface area contributed by atoms with Crippen molar-refractivity contribution in [2.24, 2.45) is 5.92 Å². The van der Waals surface area contributed by atoms with Crippen LogP contribution < -0.4 is 15.1 Å². The molecule has 2 aliphatic rings. The van der Waals surface area contributed by atoms with Gasteiger partial charge in [-0.3, -0.25) is 9.59 Å². The van der Waals surface area contributed by atoms with Crippen LogP contribution in [0, 0.1) is 5.92 Å². The van der Waals surface area contributed by atoms with Crippen molar-refractivity contribution in [3.8, 4) is 0 Å². The molecule has 0 radical (unpaired) electrons. The lowest BCUT2D eigenvalue weighted by atomic mass is 10.1. The van der Waals surface area contributed by atoms with Crippen molar-refractivity contribution in [2.45, 2.75) is 12.8 Å². The van der Waals surface area contributed by atoms with Gasteiger partial charge in [-0.15, -0.1) is 0 Å². The largest absolute Gasteiger partial charge is 0.451 e. The summed E-state index contributed by atoms with van der Waals surface area (Å²) in [6.45, 7) is 4.04. The number of anilines is 2. The molecule has 1 saturated carbocycles. The first-order valence-electron chi connectivity index (χ1n) is 10.7. The Balaban J connectivity index is 1.25. The third-order valence-corrected chi connectivity index (χ3v) is 6.03. The number of carbonyl (C=O) groups excluding carboxylic acids is 2. The molecule has 6 heteroatoms. The van der Waals surface area contributed by atoms with Gasteiger partial charge in [0.05, 0.1) is 31.9 Å². The van der Waals surface area contributed by atoms with Crippen molar-refractivity contribution in [1.82, 2.24) is 0 Å². The highest BCUT2D eigenvalue weighted by molar-refractivity contribution is 6.12. The van der Waals surface area contributed by atoms with Gasteiger partial charge in [0.1, 0.15) is 5.58 Å². The lowest BCUT2D eigenvalue weighted by Crippen LogP contribution is -3.15. The molecule has 0 bridgehead atoms. The Hall–Kier alpha value is -3.12. The van der Waals surface area contributed by atoms with Crippen LogP contribution in [0.2, 0.25) is 0 Å². The van der Waals surface area contributed by atoms with E-state index in [1.807, 2.05) is 30.3 Å². The minimum absolute atomic E-state index is 0.00493. The molecule has 2 aromatic carbocycles. The standard InChI is InChI=1S/C24H25N3O3/c28-21(16-26-12-14-27(15-13-26)18-6-2-1-3-7-18)25-22-19-8-4-5-9-20(19)30-24(22)23(29)17-10-11-17/h1-9,17H,10-16H2,(H,25,28)/p+1. The number of carbonyl (C=O) groups is 2. The molecule has 1 aliphatic carbocycles. The topological polar surface area (TPSA) is 67.0 Å². The number of amides is 1. The summed E-state index contributed by atoms with van der Waals surface area (Å²) in [5.41, 5.74) is 2.41. The lowest BCUT2D eigenvalue weighted by Gasteiger charge is -2.33. The highest BCUT2D eigenvalue weighted by atomic mass is 16.3. The number of Topliss-reactive ketones (excluding diaryl/α,β-unsaturated/α-hetero) is 1. The van der Waals surface area contributed by atoms with E-state index < -0.39 is 0 Å². The third-order valence-electron chi connectivity index (χ3n) is 6.03. The number of hydrogen-bond donors (Lipinski definition) is 2. The van der Waals surface area contributed by atoms with Crippen LogP contribution in [0.5, 0.6) is 0 Å². The van der Waals surface area contributed by atoms with Crippen LogP contribution in [0.3, 0.4) is 0 Å². The SMILES string of the molecule is O=C(C[NH+]1CCN(c2ccccc2)CC1)Nc1c(C(=O)C2CC2)oc2ccccc12. The van der Waals surface area contributed by atoms with E-state index in [4.69, 9.17) is 4.42 Å². The third kappa shape index (κ3) is 3.83. The highest BCUT2D eigenvalue weighted by Gasteiger charge is 2.35. The Morgan fingerprint density at radius 3 is 2.43 bits per heavy atom. The van der Waals surface area contributed by atoms with Crippen molar-refractivity contribution >= 4 is 34.0 Å². The summed E-state index contributed by atoms with van der Waals surface area (Å²) < 4.78 is 5.84. The van der Waals surface area contributed by atoms with Crippen LogP contribution in [-0.2, 0) is 4.79 Å². The lowest BCUT2D eigenvalue weighted by molar-refractivity contribution is -0.892. The average Bonchev–Trinajstić information content (AvgIpc) is 3.57. The van der Waals surface area contributed by atoms with Gasteiger partial charge in [-0.1, -0.05) is 30.3 Å². The maximum atomic E-state index is 12.8. The fraction of sp³-hybridized carbons (Fsp3) is 0.333. The van der Waals surface area contributed by atoms with Gasteiger partial charge in [-0.05, 0) is 37.1 Å². The van der Waals surface area contributed by atoms with E-state index in [-0.39, 0.29) is 17.6 Å². The number of nitrogens with one attached hydrogen (secondary N) is 2. The van der Waals surface area contributed by atoms with Crippen LogP contribution in [-0.4, -0.2) is 44.4 Å². The molecule has 1 aromatic heterocycles. The van der Waals surface area contributed by atoms with E-state index in [2.05, 4.69) is 34.5 Å². The quantitative estimate of drug-likeness (QED) is 0.619. The van der Waals surface area contributed by atoms with E-state index in [0.29, 0.717) is 23.6 Å². The molecule has 2 heterocycles. The molecule has 30 heavy (non-hydrogen) atoms. The van der Waals surface area contributed by atoms with Crippen LogP contribution >= 0.6 is 0 Å². The molecular weight excluding hydrogens is 378 g/mol. The van der Waals surface area contributed by atoms with Gasteiger partial charge < -0.3 is 19.5 Å².